The van der Waals surface area contributed by atoms with Crippen molar-refractivity contribution < 1.29 is 17.9 Å². The van der Waals surface area contributed by atoms with Crippen LogP contribution in [0.4, 0.5) is 0 Å². The quantitative estimate of drug-likeness (QED) is 0.751. The summed E-state index contributed by atoms with van der Waals surface area (Å²) in [6, 6.07) is 4.45. The topological polar surface area (TPSA) is 87.7 Å². The lowest BCUT2D eigenvalue weighted by molar-refractivity contribution is 0.0950. The van der Waals surface area contributed by atoms with Crippen molar-refractivity contribution in [1.82, 2.24) is 14.9 Å². The number of carbonyl (C=O) groups excluding carboxylic acids is 1. The molecule has 140 valence electrons. The van der Waals surface area contributed by atoms with Gasteiger partial charge in [0.2, 0.25) is 10.0 Å². The first-order valence-corrected chi connectivity index (χ1v) is 9.89. The van der Waals surface area contributed by atoms with Crippen molar-refractivity contribution in [3.8, 4) is 5.75 Å². The van der Waals surface area contributed by atoms with Crippen molar-refractivity contribution in [3.63, 3.8) is 0 Å². The monoisotopic (exact) mass is 369 g/mol. The summed E-state index contributed by atoms with van der Waals surface area (Å²) >= 11 is 0. The SMILES string of the molecule is COc1ccc(C(=O)NCCC2CCCNC2)cc1S(=O)(=O)N(C)C. The molecule has 0 aliphatic carbocycles. The Bertz CT molecular complexity index is 698. The summed E-state index contributed by atoms with van der Waals surface area (Å²) < 4.78 is 31.1. The molecule has 2 rings (SSSR count). The van der Waals surface area contributed by atoms with Crippen LogP contribution in [-0.2, 0) is 10.0 Å². The van der Waals surface area contributed by atoms with Crippen LogP contribution in [0.3, 0.4) is 0 Å². The van der Waals surface area contributed by atoms with Gasteiger partial charge in [0.1, 0.15) is 10.6 Å². The molecule has 7 nitrogen and oxygen atoms in total. The van der Waals surface area contributed by atoms with E-state index in [1.54, 1.807) is 6.07 Å². The highest BCUT2D eigenvalue weighted by Crippen LogP contribution is 2.26. The highest BCUT2D eigenvalue weighted by Gasteiger charge is 2.24. The number of amides is 1. The third-order valence-electron chi connectivity index (χ3n) is 4.42. The standard InChI is InChI=1S/C17H27N3O4S/c1-20(2)25(22,23)16-11-14(6-7-15(16)24-3)17(21)19-10-8-13-5-4-9-18-12-13/h6-7,11,13,18H,4-5,8-10,12H2,1-3H3,(H,19,21). The molecule has 2 N–H and O–H groups in total. The van der Waals surface area contributed by atoms with Crippen LogP contribution in [0.1, 0.15) is 29.6 Å². The molecular formula is C17H27N3O4S. The first-order chi connectivity index (χ1) is 11.9. The number of hydrogen-bond acceptors (Lipinski definition) is 5. The first-order valence-electron chi connectivity index (χ1n) is 8.45. The Morgan fingerprint density at radius 3 is 2.76 bits per heavy atom. The minimum atomic E-state index is -3.69. The summed E-state index contributed by atoms with van der Waals surface area (Å²) in [6.07, 6.45) is 3.26. The van der Waals surface area contributed by atoms with Crippen LogP contribution in [0.2, 0.25) is 0 Å². The van der Waals surface area contributed by atoms with Gasteiger partial charge in [-0.3, -0.25) is 4.79 Å². The molecule has 0 aromatic heterocycles. The lowest BCUT2D eigenvalue weighted by Crippen LogP contribution is -2.33. The molecule has 1 atom stereocenters. The van der Waals surface area contributed by atoms with E-state index in [9.17, 15) is 13.2 Å². The van der Waals surface area contributed by atoms with Crippen LogP contribution in [0.25, 0.3) is 0 Å². The van der Waals surface area contributed by atoms with E-state index in [1.807, 2.05) is 0 Å². The van der Waals surface area contributed by atoms with Gasteiger partial charge in [-0.2, -0.15) is 0 Å². The van der Waals surface area contributed by atoms with Crippen molar-refractivity contribution >= 4 is 15.9 Å². The van der Waals surface area contributed by atoms with Gasteiger partial charge >= 0.3 is 0 Å². The summed E-state index contributed by atoms with van der Waals surface area (Å²) in [5, 5.41) is 6.23. The van der Waals surface area contributed by atoms with E-state index < -0.39 is 10.0 Å². The predicted molar refractivity (Wildman–Crippen MR) is 96.4 cm³/mol. The molecule has 1 aliphatic heterocycles. The van der Waals surface area contributed by atoms with Crippen molar-refractivity contribution in [2.24, 2.45) is 5.92 Å². The second kappa shape index (κ2) is 8.64. The lowest BCUT2D eigenvalue weighted by Gasteiger charge is -2.22. The van der Waals surface area contributed by atoms with Gasteiger partial charge in [-0.1, -0.05) is 0 Å². The molecule has 1 heterocycles. The average Bonchev–Trinajstić information content (AvgIpc) is 2.61. The number of sulfonamides is 1. The molecule has 0 radical (unpaired) electrons. The Kier molecular flexibility index (Phi) is 6.80. The summed E-state index contributed by atoms with van der Waals surface area (Å²) in [5.41, 5.74) is 0.308. The van der Waals surface area contributed by atoms with Gasteiger partial charge in [0.05, 0.1) is 7.11 Å². The summed E-state index contributed by atoms with van der Waals surface area (Å²) in [5.74, 6) is 0.523. The van der Waals surface area contributed by atoms with Gasteiger partial charge in [0.15, 0.2) is 0 Å². The molecule has 1 fully saturated rings. The molecule has 1 saturated heterocycles. The van der Waals surface area contributed by atoms with Gasteiger partial charge in [-0.15, -0.1) is 0 Å². The van der Waals surface area contributed by atoms with E-state index in [1.165, 1.54) is 46.2 Å². The van der Waals surface area contributed by atoms with Gasteiger partial charge in [-0.05, 0) is 56.5 Å². The third kappa shape index (κ3) is 4.93. The van der Waals surface area contributed by atoms with Gasteiger partial charge in [0, 0.05) is 26.2 Å². The Morgan fingerprint density at radius 1 is 1.40 bits per heavy atom. The van der Waals surface area contributed by atoms with Crippen molar-refractivity contribution in [3.05, 3.63) is 23.8 Å². The van der Waals surface area contributed by atoms with Gasteiger partial charge in [0.25, 0.3) is 5.91 Å². The second-order valence-electron chi connectivity index (χ2n) is 6.41. The van der Waals surface area contributed by atoms with E-state index in [4.69, 9.17) is 4.74 Å². The number of benzene rings is 1. The molecule has 1 aliphatic rings. The molecule has 0 spiro atoms. The van der Waals surface area contributed by atoms with Crippen LogP contribution < -0.4 is 15.4 Å². The molecule has 8 heteroatoms. The number of nitrogens with one attached hydrogen (secondary N) is 2. The molecule has 0 bridgehead atoms. The number of nitrogens with zero attached hydrogens (tertiary/aromatic N) is 1. The zero-order valence-corrected chi connectivity index (χ0v) is 15.9. The van der Waals surface area contributed by atoms with Gasteiger partial charge in [-0.25, -0.2) is 12.7 Å². The van der Waals surface area contributed by atoms with E-state index in [2.05, 4.69) is 10.6 Å². The maximum atomic E-state index is 12.4. The molecule has 25 heavy (non-hydrogen) atoms. The maximum absolute atomic E-state index is 12.4. The molecule has 1 amide bonds. The zero-order valence-electron chi connectivity index (χ0n) is 15.0. The average molecular weight is 369 g/mol. The Hall–Kier alpha value is -1.64. The fraction of sp³-hybridized carbons (Fsp3) is 0.588. The highest BCUT2D eigenvalue weighted by atomic mass is 32.2. The van der Waals surface area contributed by atoms with Crippen LogP contribution >= 0.6 is 0 Å². The number of rotatable bonds is 7. The third-order valence-corrected chi connectivity index (χ3v) is 6.26. The summed E-state index contributed by atoms with van der Waals surface area (Å²) in [4.78, 5) is 12.3. The molecular weight excluding hydrogens is 342 g/mol. The van der Waals surface area contributed by atoms with Crippen molar-refractivity contribution in [2.45, 2.75) is 24.2 Å². The molecule has 1 aromatic carbocycles. The number of ether oxygens (including phenoxy) is 1. The Labute approximate surface area is 149 Å². The second-order valence-corrected chi connectivity index (χ2v) is 8.53. The maximum Gasteiger partial charge on any atom is 0.251 e. The predicted octanol–water partition coefficient (Wildman–Crippen LogP) is 1.07. The minimum Gasteiger partial charge on any atom is -0.495 e. The lowest BCUT2D eigenvalue weighted by atomic mass is 9.96. The van der Waals surface area contributed by atoms with E-state index in [0.717, 1.165) is 23.8 Å². The normalized spacial score (nSPS) is 18.2. The van der Waals surface area contributed by atoms with Crippen molar-refractivity contribution in [2.75, 3.05) is 40.8 Å². The number of carbonyl (C=O) groups is 1. The molecule has 0 saturated carbocycles. The smallest absolute Gasteiger partial charge is 0.251 e. The zero-order chi connectivity index (χ0) is 18.4. The van der Waals surface area contributed by atoms with E-state index in [-0.39, 0.29) is 16.6 Å². The van der Waals surface area contributed by atoms with Crippen molar-refractivity contribution in [1.29, 1.82) is 0 Å². The fourth-order valence-electron chi connectivity index (χ4n) is 2.88. The largest absolute Gasteiger partial charge is 0.495 e. The highest BCUT2D eigenvalue weighted by molar-refractivity contribution is 7.89. The molecule has 1 aromatic rings. The Morgan fingerprint density at radius 2 is 2.16 bits per heavy atom. The van der Waals surface area contributed by atoms with Crippen LogP contribution in [0.15, 0.2) is 23.1 Å². The van der Waals surface area contributed by atoms with Crippen LogP contribution in [0, 0.1) is 5.92 Å². The minimum absolute atomic E-state index is 0.0101. The van der Waals surface area contributed by atoms with E-state index in [0.29, 0.717) is 18.0 Å². The van der Waals surface area contributed by atoms with E-state index >= 15 is 0 Å². The number of piperidine rings is 1. The first kappa shape index (κ1) is 19.7. The number of hydrogen-bond donors (Lipinski definition) is 2. The summed E-state index contributed by atoms with van der Waals surface area (Å²) in [7, 11) is 0.600. The van der Waals surface area contributed by atoms with Crippen LogP contribution in [-0.4, -0.2) is 59.5 Å². The fourth-order valence-corrected chi connectivity index (χ4v) is 3.95. The van der Waals surface area contributed by atoms with Crippen LogP contribution in [0.5, 0.6) is 5.75 Å². The summed E-state index contributed by atoms with van der Waals surface area (Å²) in [6.45, 7) is 2.63. The number of methoxy groups -OCH3 is 1. The Balaban J connectivity index is 2.06. The molecule has 1 unspecified atom stereocenters. The van der Waals surface area contributed by atoms with Gasteiger partial charge < -0.3 is 15.4 Å².